The van der Waals surface area contributed by atoms with Crippen LogP contribution in [0.25, 0.3) is 0 Å². The Hall–Kier alpha value is -2.15. The van der Waals surface area contributed by atoms with Crippen molar-refractivity contribution in [2.24, 2.45) is 5.73 Å². The summed E-state index contributed by atoms with van der Waals surface area (Å²) in [6, 6.07) is 9.28. The molecule has 19 heavy (non-hydrogen) atoms. The van der Waals surface area contributed by atoms with Gasteiger partial charge in [-0.2, -0.15) is 13.2 Å². The monoisotopic (exact) mass is 268 g/mol. The minimum absolute atomic E-state index is 0.244. The van der Waals surface area contributed by atoms with Crippen LogP contribution in [0.3, 0.4) is 0 Å². The normalized spacial score (nSPS) is 11.4. The Kier molecular flexibility index (Phi) is 3.66. The molecule has 0 fully saturated rings. The lowest BCUT2D eigenvalue weighted by Gasteiger charge is -2.07. The summed E-state index contributed by atoms with van der Waals surface area (Å²) >= 11 is 0. The maximum Gasteiger partial charge on any atom is 0.435 e. The molecule has 2 aromatic rings. The molecular weight excluding hydrogens is 257 g/mol. The predicted molar refractivity (Wildman–Crippen MR) is 64.7 cm³/mol. The van der Waals surface area contributed by atoms with Crippen molar-refractivity contribution in [1.29, 1.82) is 0 Å². The molecule has 1 heterocycles. The van der Waals surface area contributed by atoms with Gasteiger partial charge in [-0.15, -0.1) is 10.2 Å². The molecule has 4 nitrogen and oxygen atoms in total. The number of anilines is 2. The van der Waals surface area contributed by atoms with Gasteiger partial charge in [0.1, 0.15) is 0 Å². The fraction of sp³-hybridized carbons (Fsp3) is 0.167. The molecular formula is C12H11F3N4. The van der Waals surface area contributed by atoms with Crippen LogP contribution in [0, 0.1) is 0 Å². The summed E-state index contributed by atoms with van der Waals surface area (Å²) in [6.45, 7) is 0.431. The van der Waals surface area contributed by atoms with Crippen molar-refractivity contribution >= 4 is 11.5 Å². The van der Waals surface area contributed by atoms with Gasteiger partial charge >= 0.3 is 6.18 Å². The molecule has 1 aromatic carbocycles. The van der Waals surface area contributed by atoms with E-state index < -0.39 is 11.9 Å². The first kappa shape index (κ1) is 13.3. The molecule has 100 valence electrons. The van der Waals surface area contributed by atoms with Crippen LogP contribution in [0.1, 0.15) is 11.3 Å². The molecule has 0 unspecified atom stereocenters. The van der Waals surface area contributed by atoms with Crippen LogP contribution < -0.4 is 11.1 Å². The van der Waals surface area contributed by atoms with Crippen LogP contribution >= 0.6 is 0 Å². The molecule has 0 aliphatic carbocycles. The molecule has 0 aliphatic rings. The Bertz CT molecular complexity index is 534. The van der Waals surface area contributed by atoms with E-state index in [-0.39, 0.29) is 5.82 Å². The first-order chi connectivity index (χ1) is 8.99. The lowest BCUT2D eigenvalue weighted by molar-refractivity contribution is -0.141. The average Bonchev–Trinajstić information content (AvgIpc) is 2.39. The molecule has 1 aromatic heterocycles. The largest absolute Gasteiger partial charge is 0.435 e. The van der Waals surface area contributed by atoms with Gasteiger partial charge in [0.25, 0.3) is 0 Å². The van der Waals surface area contributed by atoms with Crippen molar-refractivity contribution in [1.82, 2.24) is 10.2 Å². The van der Waals surface area contributed by atoms with Gasteiger partial charge in [0, 0.05) is 12.2 Å². The number of nitrogens with two attached hydrogens (primary N) is 1. The van der Waals surface area contributed by atoms with Crippen LogP contribution in [0.5, 0.6) is 0 Å². The second-order valence-corrected chi connectivity index (χ2v) is 3.83. The highest BCUT2D eigenvalue weighted by atomic mass is 19.4. The van der Waals surface area contributed by atoms with Gasteiger partial charge in [0.2, 0.25) is 0 Å². The summed E-state index contributed by atoms with van der Waals surface area (Å²) in [5, 5.41) is 9.45. The Morgan fingerprint density at radius 3 is 2.16 bits per heavy atom. The molecule has 7 heteroatoms. The molecule has 0 amide bonds. The molecule has 0 saturated heterocycles. The third kappa shape index (κ3) is 3.41. The van der Waals surface area contributed by atoms with Crippen molar-refractivity contribution in [3.63, 3.8) is 0 Å². The number of nitrogens with one attached hydrogen (secondary N) is 1. The van der Waals surface area contributed by atoms with Crippen LogP contribution in [-0.2, 0) is 12.7 Å². The fourth-order valence-corrected chi connectivity index (χ4v) is 1.42. The van der Waals surface area contributed by atoms with E-state index in [0.29, 0.717) is 12.2 Å². The van der Waals surface area contributed by atoms with Gasteiger partial charge in [-0.3, -0.25) is 0 Å². The molecule has 0 spiro atoms. The minimum atomic E-state index is -4.48. The minimum Gasteiger partial charge on any atom is -0.339 e. The molecule has 0 radical (unpaired) electrons. The van der Waals surface area contributed by atoms with E-state index in [0.717, 1.165) is 11.6 Å². The van der Waals surface area contributed by atoms with Crippen molar-refractivity contribution in [3.05, 3.63) is 47.7 Å². The summed E-state index contributed by atoms with van der Waals surface area (Å²) in [7, 11) is 0. The van der Waals surface area contributed by atoms with E-state index in [2.05, 4.69) is 15.5 Å². The van der Waals surface area contributed by atoms with Crippen molar-refractivity contribution in [3.8, 4) is 0 Å². The quantitative estimate of drug-likeness (QED) is 0.898. The van der Waals surface area contributed by atoms with E-state index >= 15 is 0 Å². The van der Waals surface area contributed by atoms with Crippen molar-refractivity contribution in [2.45, 2.75) is 12.7 Å². The van der Waals surface area contributed by atoms with Gasteiger partial charge in [-0.1, -0.05) is 12.1 Å². The third-order valence-electron chi connectivity index (χ3n) is 2.42. The molecule has 3 N–H and O–H groups in total. The predicted octanol–water partition coefficient (Wildman–Crippen LogP) is 2.70. The van der Waals surface area contributed by atoms with Crippen LogP contribution in [0.4, 0.5) is 24.7 Å². The highest BCUT2D eigenvalue weighted by Crippen LogP contribution is 2.27. The lowest BCUT2D eigenvalue weighted by Crippen LogP contribution is -2.09. The Balaban J connectivity index is 2.10. The average molecular weight is 268 g/mol. The van der Waals surface area contributed by atoms with E-state index in [1.165, 1.54) is 6.07 Å². The fourth-order valence-electron chi connectivity index (χ4n) is 1.42. The van der Waals surface area contributed by atoms with Gasteiger partial charge in [0.15, 0.2) is 11.5 Å². The van der Waals surface area contributed by atoms with E-state index in [1.54, 1.807) is 12.1 Å². The zero-order valence-corrected chi connectivity index (χ0v) is 9.78. The molecule has 0 bridgehead atoms. The number of hydrogen-bond donors (Lipinski definition) is 2. The molecule has 0 atom stereocenters. The standard InChI is InChI=1S/C12H11F3N4/c13-12(14,15)10-5-6-11(19-18-10)17-9-3-1-8(7-16)2-4-9/h1-6H,7,16H2,(H,17,19). The number of benzene rings is 1. The van der Waals surface area contributed by atoms with Crippen molar-refractivity contribution < 1.29 is 13.2 Å². The molecule has 0 aliphatic heterocycles. The second kappa shape index (κ2) is 5.23. The first-order valence-corrected chi connectivity index (χ1v) is 5.46. The van der Waals surface area contributed by atoms with Gasteiger partial charge in [-0.05, 0) is 29.8 Å². The highest BCUT2D eigenvalue weighted by molar-refractivity contribution is 5.55. The van der Waals surface area contributed by atoms with Gasteiger partial charge in [-0.25, -0.2) is 0 Å². The number of halogens is 3. The van der Waals surface area contributed by atoms with Crippen LogP contribution in [0.15, 0.2) is 36.4 Å². The summed E-state index contributed by atoms with van der Waals surface area (Å²) in [5.41, 5.74) is 6.11. The summed E-state index contributed by atoms with van der Waals surface area (Å²) in [4.78, 5) is 0. The smallest absolute Gasteiger partial charge is 0.339 e. The summed E-state index contributed by atoms with van der Waals surface area (Å²) < 4.78 is 36.9. The number of alkyl halides is 3. The van der Waals surface area contributed by atoms with E-state index in [4.69, 9.17) is 5.73 Å². The maximum absolute atomic E-state index is 12.3. The summed E-state index contributed by atoms with van der Waals surface area (Å²) in [5.74, 6) is 0.244. The SMILES string of the molecule is NCc1ccc(Nc2ccc(C(F)(F)F)nn2)cc1. The number of hydrogen-bond acceptors (Lipinski definition) is 4. The zero-order chi connectivity index (χ0) is 13.9. The maximum atomic E-state index is 12.3. The zero-order valence-electron chi connectivity index (χ0n) is 9.78. The lowest BCUT2D eigenvalue weighted by atomic mass is 10.2. The number of rotatable bonds is 3. The Morgan fingerprint density at radius 1 is 1.00 bits per heavy atom. The van der Waals surface area contributed by atoms with Crippen LogP contribution in [-0.4, -0.2) is 10.2 Å². The summed E-state index contributed by atoms with van der Waals surface area (Å²) in [6.07, 6.45) is -4.48. The Labute approximate surface area is 107 Å². The van der Waals surface area contributed by atoms with Gasteiger partial charge in [0.05, 0.1) is 0 Å². The second-order valence-electron chi connectivity index (χ2n) is 3.83. The number of nitrogens with zero attached hydrogens (tertiary/aromatic N) is 2. The highest BCUT2D eigenvalue weighted by Gasteiger charge is 2.32. The van der Waals surface area contributed by atoms with E-state index in [1.807, 2.05) is 12.1 Å². The topological polar surface area (TPSA) is 63.8 Å². The molecule has 0 saturated carbocycles. The molecule has 2 rings (SSSR count). The Morgan fingerprint density at radius 2 is 1.68 bits per heavy atom. The first-order valence-electron chi connectivity index (χ1n) is 5.46. The van der Waals surface area contributed by atoms with Gasteiger partial charge < -0.3 is 11.1 Å². The van der Waals surface area contributed by atoms with Crippen LogP contribution in [0.2, 0.25) is 0 Å². The number of aromatic nitrogens is 2. The van der Waals surface area contributed by atoms with E-state index in [9.17, 15) is 13.2 Å². The third-order valence-corrected chi connectivity index (χ3v) is 2.42. The van der Waals surface area contributed by atoms with Crippen molar-refractivity contribution in [2.75, 3.05) is 5.32 Å².